The summed E-state index contributed by atoms with van der Waals surface area (Å²) in [5, 5.41) is 12.0. The van der Waals surface area contributed by atoms with E-state index in [1.807, 2.05) is 30.5 Å². The number of hydrogen-bond acceptors (Lipinski definition) is 5. The molecular weight excluding hydrogens is 386 g/mol. The number of aromatic nitrogens is 1. The molecule has 1 amide bonds. The average molecular weight is 411 g/mol. The quantitative estimate of drug-likeness (QED) is 0.441. The van der Waals surface area contributed by atoms with Crippen molar-refractivity contribution in [3.05, 3.63) is 70.4 Å². The van der Waals surface area contributed by atoms with Crippen LogP contribution in [0.1, 0.15) is 26.3 Å². The van der Waals surface area contributed by atoms with Crippen molar-refractivity contribution in [2.45, 2.75) is 32.9 Å². The van der Waals surface area contributed by atoms with Gasteiger partial charge in [-0.25, -0.2) is 4.79 Å². The number of nitrogens with one attached hydrogen (secondary N) is 1. The van der Waals surface area contributed by atoms with Crippen molar-refractivity contribution in [2.24, 2.45) is 0 Å². The molecule has 1 N–H and O–H groups in total. The van der Waals surface area contributed by atoms with Crippen LogP contribution in [0.15, 0.2) is 54.7 Å². The summed E-state index contributed by atoms with van der Waals surface area (Å²) >= 11 is 0. The number of nitrogens with zero attached hydrogens (tertiary/aromatic N) is 2. The number of rotatable bonds is 7. The molecule has 0 aliphatic heterocycles. The predicted molar refractivity (Wildman–Crippen MR) is 114 cm³/mol. The minimum absolute atomic E-state index is 0.0213. The monoisotopic (exact) mass is 411 g/mol. The van der Waals surface area contributed by atoms with Gasteiger partial charge in [-0.3, -0.25) is 10.1 Å². The fourth-order valence-electron chi connectivity index (χ4n) is 3.00. The van der Waals surface area contributed by atoms with Gasteiger partial charge in [0.15, 0.2) is 0 Å². The third kappa shape index (κ3) is 5.50. The lowest BCUT2D eigenvalue weighted by molar-refractivity contribution is -0.384. The predicted octanol–water partition coefficient (Wildman–Crippen LogP) is 4.89. The number of H-pyrrole nitrogens is 1. The summed E-state index contributed by atoms with van der Waals surface area (Å²) in [7, 11) is 0. The zero-order valence-electron chi connectivity index (χ0n) is 17.3. The van der Waals surface area contributed by atoms with E-state index < -0.39 is 16.6 Å². The van der Waals surface area contributed by atoms with Crippen molar-refractivity contribution in [1.82, 2.24) is 9.88 Å². The van der Waals surface area contributed by atoms with Crippen LogP contribution in [0.3, 0.4) is 0 Å². The number of fused-ring (bicyclic) bond motifs is 1. The number of ether oxygens (including phenoxy) is 2. The molecule has 0 aliphatic carbocycles. The van der Waals surface area contributed by atoms with Crippen LogP contribution in [0.25, 0.3) is 10.9 Å². The second kappa shape index (κ2) is 8.86. The summed E-state index contributed by atoms with van der Waals surface area (Å²) < 4.78 is 11.4. The molecule has 0 saturated carbocycles. The summed E-state index contributed by atoms with van der Waals surface area (Å²) in [6.07, 6.45) is 1.34. The second-order valence-electron chi connectivity index (χ2n) is 7.87. The van der Waals surface area contributed by atoms with Gasteiger partial charge >= 0.3 is 6.09 Å². The Morgan fingerprint density at radius 2 is 1.93 bits per heavy atom. The van der Waals surface area contributed by atoms with Crippen LogP contribution in [0, 0.1) is 10.1 Å². The number of carbonyl (C=O) groups is 1. The van der Waals surface area contributed by atoms with Crippen LogP contribution in [0.2, 0.25) is 0 Å². The highest BCUT2D eigenvalue weighted by molar-refractivity contribution is 5.85. The van der Waals surface area contributed by atoms with Crippen molar-refractivity contribution in [1.29, 1.82) is 0 Å². The molecule has 1 aromatic heterocycles. The first kappa shape index (κ1) is 21.2. The highest BCUT2D eigenvalue weighted by atomic mass is 16.6. The maximum atomic E-state index is 12.7. The first-order valence-corrected chi connectivity index (χ1v) is 9.63. The fourth-order valence-corrected chi connectivity index (χ4v) is 3.00. The van der Waals surface area contributed by atoms with Crippen molar-refractivity contribution in [3.63, 3.8) is 0 Å². The molecule has 30 heavy (non-hydrogen) atoms. The number of aromatic amines is 1. The Kier molecular flexibility index (Phi) is 6.25. The van der Waals surface area contributed by atoms with Crippen LogP contribution in [0.4, 0.5) is 10.5 Å². The molecule has 2 aromatic carbocycles. The van der Waals surface area contributed by atoms with Crippen LogP contribution >= 0.6 is 0 Å². The van der Waals surface area contributed by atoms with E-state index in [9.17, 15) is 14.9 Å². The van der Waals surface area contributed by atoms with E-state index in [0.717, 1.165) is 10.9 Å². The largest absolute Gasteiger partial charge is 0.491 e. The summed E-state index contributed by atoms with van der Waals surface area (Å²) in [5.74, 6) is 0.716. The third-order valence-corrected chi connectivity index (χ3v) is 4.32. The van der Waals surface area contributed by atoms with Crippen molar-refractivity contribution < 1.29 is 19.2 Å². The molecule has 0 aliphatic rings. The fraction of sp³-hybridized carbons (Fsp3) is 0.318. The smallest absolute Gasteiger partial charge is 0.410 e. The van der Waals surface area contributed by atoms with Gasteiger partial charge in [0, 0.05) is 35.8 Å². The van der Waals surface area contributed by atoms with Gasteiger partial charge in [0.25, 0.3) is 5.69 Å². The third-order valence-electron chi connectivity index (χ3n) is 4.32. The maximum absolute atomic E-state index is 12.7. The molecule has 158 valence electrons. The van der Waals surface area contributed by atoms with Gasteiger partial charge in [0.2, 0.25) is 0 Å². The van der Waals surface area contributed by atoms with Crippen molar-refractivity contribution >= 4 is 22.7 Å². The SMILES string of the molecule is CC(C)(C)OC(=O)N(CCOc1cccc2[nH]ccc12)Cc1cccc([N+](=O)[O-])c1. The lowest BCUT2D eigenvalue weighted by atomic mass is 10.2. The summed E-state index contributed by atoms with van der Waals surface area (Å²) in [6.45, 7) is 6.06. The van der Waals surface area contributed by atoms with Gasteiger partial charge in [-0.15, -0.1) is 0 Å². The van der Waals surface area contributed by atoms with E-state index in [1.165, 1.54) is 17.0 Å². The van der Waals surface area contributed by atoms with Gasteiger partial charge in [-0.05, 0) is 44.5 Å². The molecule has 0 unspecified atom stereocenters. The van der Waals surface area contributed by atoms with E-state index >= 15 is 0 Å². The molecule has 1 heterocycles. The molecule has 8 nitrogen and oxygen atoms in total. The summed E-state index contributed by atoms with van der Waals surface area (Å²) in [5.41, 5.74) is 0.929. The number of carbonyl (C=O) groups excluding carboxylic acids is 1. The number of hydrogen-bond donors (Lipinski definition) is 1. The molecular formula is C22H25N3O5. The van der Waals surface area contributed by atoms with E-state index in [4.69, 9.17) is 9.47 Å². The first-order chi connectivity index (χ1) is 14.2. The summed E-state index contributed by atoms with van der Waals surface area (Å²) in [6, 6.07) is 13.9. The molecule has 0 spiro atoms. The number of benzene rings is 2. The molecule has 0 saturated heterocycles. The van der Waals surface area contributed by atoms with E-state index in [2.05, 4.69) is 4.98 Å². The Morgan fingerprint density at radius 3 is 2.67 bits per heavy atom. The molecule has 3 aromatic rings. The van der Waals surface area contributed by atoms with E-state index in [-0.39, 0.29) is 25.4 Å². The number of nitro groups is 1. The Bertz CT molecular complexity index is 1040. The Hall–Kier alpha value is -3.55. The Morgan fingerprint density at radius 1 is 1.17 bits per heavy atom. The van der Waals surface area contributed by atoms with Crippen LogP contribution in [-0.4, -0.2) is 39.7 Å². The van der Waals surface area contributed by atoms with Crippen LogP contribution < -0.4 is 4.74 Å². The molecule has 3 rings (SSSR count). The van der Waals surface area contributed by atoms with E-state index in [0.29, 0.717) is 11.3 Å². The summed E-state index contributed by atoms with van der Waals surface area (Å²) in [4.78, 5) is 27.9. The maximum Gasteiger partial charge on any atom is 0.410 e. The van der Waals surface area contributed by atoms with Crippen LogP contribution in [-0.2, 0) is 11.3 Å². The van der Waals surface area contributed by atoms with Gasteiger partial charge in [-0.2, -0.15) is 0 Å². The number of nitro benzene ring substituents is 1. The number of amides is 1. The average Bonchev–Trinajstić information content (AvgIpc) is 3.15. The van der Waals surface area contributed by atoms with Crippen LogP contribution in [0.5, 0.6) is 5.75 Å². The van der Waals surface area contributed by atoms with Crippen molar-refractivity contribution in [2.75, 3.05) is 13.2 Å². The minimum Gasteiger partial charge on any atom is -0.491 e. The highest BCUT2D eigenvalue weighted by Crippen LogP contribution is 2.24. The lowest BCUT2D eigenvalue weighted by Gasteiger charge is -2.27. The Balaban J connectivity index is 1.72. The first-order valence-electron chi connectivity index (χ1n) is 9.63. The number of non-ortho nitro benzene ring substituents is 1. The molecule has 0 fully saturated rings. The second-order valence-corrected chi connectivity index (χ2v) is 7.87. The zero-order valence-corrected chi connectivity index (χ0v) is 17.3. The van der Waals surface area contributed by atoms with Gasteiger partial charge in [-0.1, -0.05) is 18.2 Å². The normalized spacial score (nSPS) is 11.3. The van der Waals surface area contributed by atoms with Gasteiger partial charge in [0.05, 0.1) is 11.5 Å². The molecule has 0 radical (unpaired) electrons. The van der Waals surface area contributed by atoms with E-state index in [1.54, 1.807) is 32.9 Å². The lowest BCUT2D eigenvalue weighted by Crippen LogP contribution is -2.38. The zero-order chi connectivity index (χ0) is 21.7. The topological polar surface area (TPSA) is 97.7 Å². The standard InChI is InChI=1S/C22H25N3O5/c1-22(2,3)30-21(26)24(15-16-6-4-7-17(14-16)25(27)28)12-13-29-20-9-5-8-19-18(20)10-11-23-19/h4-11,14,23H,12-13,15H2,1-3H3. The Labute approximate surface area is 174 Å². The molecule has 8 heteroatoms. The van der Waals surface area contributed by atoms with Gasteiger partial charge in [0.1, 0.15) is 18.0 Å². The highest BCUT2D eigenvalue weighted by Gasteiger charge is 2.23. The molecule has 0 atom stereocenters. The van der Waals surface area contributed by atoms with Crippen molar-refractivity contribution in [3.8, 4) is 5.75 Å². The minimum atomic E-state index is -0.657. The van der Waals surface area contributed by atoms with Gasteiger partial charge < -0.3 is 19.4 Å². The molecule has 0 bridgehead atoms.